The molecule has 1 N–H and O–H groups in total. The minimum atomic E-state index is -3.98. The minimum Gasteiger partial charge on any atom is -0.495 e. The Kier molecular flexibility index (Phi) is 5.88. The molecular formula is C20H20N2O6S. The average molecular weight is 416 g/mol. The molecule has 0 spiro atoms. The van der Waals surface area contributed by atoms with Crippen molar-refractivity contribution in [3.63, 3.8) is 0 Å². The molecule has 0 aliphatic carbocycles. The van der Waals surface area contributed by atoms with Gasteiger partial charge in [-0.2, -0.15) is 0 Å². The van der Waals surface area contributed by atoms with Gasteiger partial charge in [0.15, 0.2) is 11.7 Å². The van der Waals surface area contributed by atoms with E-state index in [0.29, 0.717) is 28.5 Å². The molecule has 29 heavy (non-hydrogen) atoms. The van der Waals surface area contributed by atoms with Gasteiger partial charge in [-0.3, -0.25) is 4.72 Å². The normalized spacial score (nSPS) is 11.1. The van der Waals surface area contributed by atoms with E-state index >= 15 is 0 Å². The standard InChI is InChI=1S/C20H20N2O6S/c1-4-27-20(23)14-5-8-16(9-6-14)22-29(24,25)19-11-15(7-10-17(19)26-3)18-12-21-13(2)28-18/h5-12,22H,4H2,1-3H3. The second-order valence-electron chi connectivity index (χ2n) is 6.01. The number of hydrogen-bond donors (Lipinski definition) is 1. The van der Waals surface area contributed by atoms with Crippen LogP contribution in [0.15, 0.2) is 58.0 Å². The third kappa shape index (κ3) is 4.57. The van der Waals surface area contributed by atoms with E-state index in [1.54, 1.807) is 26.0 Å². The molecular weight excluding hydrogens is 396 g/mol. The lowest BCUT2D eigenvalue weighted by molar-refractivity contribution is 0.0526. The zero-order chi connectivity index (χ0) is 21.0. The molecule has 9 heteroatoms. The molecule has 152 valence electrons. The van der Waals surface area contributed by atoms with Crippen LogP contribution in [0, 0.1) is 6.92 Å². The predicted octanol–water partition coefficient (Wildman–Crippen LogP) is 3.64. The largest absolute Gasteiger partial charge is 0.495 e. The van der Waals surface area contributed by atoms with Crippen LogP contribution in [0.2, 0.25) is 0 Å². The monoisotopic (exact) mass is 416 g/mol. The van der Waals surface area contributed by atoms with Gasteiger partial charge in [0, 0.05) is 18.2 Å². The summed E-state index contributed by atoms with van der Waals surface area (Å²) >= 11 is 0. The molecule has 0 unspecified atom stereocenters. The number of esters is 1. The summed E-state index contributed by atoms with van der Waals surface area (Å²) in [6, 6.07) is 10.6. The van der Waals surface area contributed by atoms with Gasteiger partial charge in [-0.1, -0.05) is 0 Å². The molecule has 3 rings (SSSR count). The molecule has 2 aromatic carbocycles. The quantitative estimate of drug-likeness (QED) is 0.586. The van der Waals surface area contributed by atoms with Crippen LogP contribution in [0.25, 0.3) is 11.3 Å². The number of aryl methyl sites for hydroxylation is 1. The lowest BCUT2D eigenvalue weighted by Gasteiger charge is -2.13. The summed E-state index contributed by atoms with van der Waals surface area (Å²) in [6.07, 6.45) is 1.52. The zero-order valence-electron chi connectivity index (χ0n) is 16.1. The number of nitrogens with zero attached hydrogens (tertiary/aromatic N) is 1. The van der Waals surface area contributed by atoms with Crippen molar-refractivity contribution in [2.45, 2.75) is 18.7 Å². The average Bonchev–Trinajstić information content (AvgIpc) is 3.14. The number of anilines is 1. The molecule has 0 aliphatic heterocycles. The van der Waals surface area contributed by atoms with E-state index in [1.165, 1.54) is 43.6 Å². The Morgan fingerprint density at radius 3 is 2.48 bits per heavy atom. The van der Waals surface area contributed by atoms with Crippen LogP contribution in [-0.2, 0) is 14.8 Å². The molecule has 0 bridgehead atoms. The highest BCUT2D eigenvalue weighted by molar-refractivity contribution is 7.92. The lowest BCUT2D eigenvalue weighted by Crippen LogP contribution is -2.14. The van der Waals surface area contributed by atoms with Crippen LogP contribution in [0.3, 0.4) is 0 Å². The molecule has 0 saturated heterocycles. The van der Waals surface area contributed by atoms with E-state index in [1.807, 2.05) is 0 Å². The third-order valence-corrected chi connectivity index (χ3v) is 5.41. The Balaban J connectivity index is 1.91. The molecule has 0 atom stereocenters. The number of nitrogens with one attached hydrogen (secondary N) is 1. The van der Waals surface area contributed by atoms with Gasteiger partial charge in [0.2, 0.25) is 0 Å². The highest BCUT2D eigenvalue weighted by Crippen LogP contribution is 2.31. The second kappa shape index (κ2) is 8.36. The lowest BCUT2D eigenvalue weighted by atomic mass is 10.2. The van der Waals surface area contributed by atoms with Crippen molar-refractivity contribution in [2.75, 3.05) is 18.4 Å². The number of hydrogen-bond acceptors (Lipinski definition) is 7. The summed E-state index contributed by atoms with van der Waals surface area (Å²) in [5, 5.41) is 0. The Bertz CT molecular complexity index is 1120. The van der Waals surface area contributed by atoms with E-state index in [2.05, 4.69) is 9.71 Å². The summed E-state index contributed by atoms with van der Waals surface area (Å²) in [5.74, 6) is 0.625. The van der Waals surface area contributed by atoms with Crippen molar-refractivity contribution in [1.29, 1.82) is 0 Å². The van der Waals surface area contributed by atoms with Crippen molar-refractivity contribution in [2.24, 2.45) is 0 Å². The number of methoxy groups -OCH3 is 1. The van der Waals surface area contributed by atoms with Gasteiger partial charge in [-0.05, 0) is 49.4 Å². The first kappa shape index (κ1) is 20.4. The summed E-state index contributed by atoms with van der Waals surface area (Å²) in [4.78, 5) is 15.7. The Hall–Kier alpha value is -3.33. The fourth-order valence-electron chi connectivity index (χ4n) is 2.63. The zero-order valence-corrected chi connectivity index (χ0v) is 16.9. The van der Waals surface area contributed by atoms with E-state index in [4.69, 9.17) is 13.9 Å². The van der Waals surface area contributed by atoms with Gasteiger partial charge in [0.05, 0.1) is 25.5 Å². The SMILES string of the molecule is CCOC(=O)c1ccc(NS(=O)(=O)c2cc(-c3cnc(C)o3)ccc2OC)cc1. The van der Waals surface area contributed by atoms with Crippen molar-refractivity contribution in [3.05, 3.63) is 60.1 Å². The Labute approximate surface area is 168 Å². The second-order valence-corrected chi connectivity index (χ2v) is 7.66. The number of sulfonamides is 1. The number of carbonyl (C=O) groups excluding carboxylic acids is 1. The van der Waals surface area contributed by atoms with E-state index in [0.717, 1.165) is 0 Å². The fourth-order valence-corrected chi connectivity index (χ4v) is 3.89. The van der Waals surface area contributed by atoms with Crippen molar-refractivity contribution in [1.82, 2.24) is 4.98 Å². The summed E-state index contributed by atoms with van der Waals surface area (Å²) in [6.45, 7) is 3.67. The molecule has 8 nitrogen and oxygen atoms in total. The van der Waals surface area contributed by atoms with Gasteiger partial charge in [-0.15, -0.1) is 0 Å². The van der Waals surface area contributed by atoms with Crippen LogP contribution in [-0.4, -0.2) is 33.1 Å². The van der Waals surface area contributed by atoms with Gasteiger partial charge in [0.25, 0.3) is 10.0 Å². The van der Waals surface area contributed by atoms with E-state index < -0.39 is 16.0 Å². The maximum Gasteiger partial charge on any atom is 0.338 e. The minimum absolute atomic E-state index is 0.0546. The number of ether oxygens (including phenoxy) is 2. The van der Waals surface area contributed by atoms with Crippen LogP contribution in [0.1, 0.15) is 23.2 Å². The van der Waals surface area contributed by atoms with Crippen molar-refractivity contribution in [3.8, 4) is 17.1 Å². The Morgan fingerprint density at radius 1 is 1.17 bits per heavy atom. The predicted molar refractivity (Wildman–Crippen MR) is 106 cm³/mol. The molecule has 0 aliphatic rings. The van der Waals surface area contributed by atoms with Crippen molar-refractivity contribution < 1.29 is 27.1 Å². The first-order valence-corrected chi connectivity index (χ1v) is 10.2. The molecule has 0 amide bonds. The molecule has 3 aromatic rings. The summed E-state index contributed by atoms with van der Waals surface area (Å²) < 4.78 is 44.0. The molecule has 0 saturated carbocycles. The maximum atomic E-state index is 13.0. The summed E-state index contributed by atoms with van der Waals surface area (Å²) in [5.41, 5.74) is 1.17. The number of oxazole rings is 1. The number of carbonyl (C=O) groups is 1. The first-order chi connectivity index (χ1) is 13.8. The van der Waals surface area contributed by atoms with E-state index in [-0.39, 0.29) is 17.3 Å². The third-order valence-electron chi connectivity index (χ3n) is 4.01. The topological polar surface area (TPSA) is 108 Å². The van der Waals surface area contributed by atoms with Crippen LogP contribution in [0.4, 0.5) is 5.69 Å². The van der Waals surface area contributed by atoms with Gasteiger partial charge in [-0.25, -0.2) is 18.2 Å². The highest BCUT2D eigenvalue weighted by Gasteiger charge is 2.22. The number of benzene rings is 2. The van der Waals surface area contributed by atoms with Gasteiger partial charge in [0.1, 0.15) is 10.6 Å². The van der Waals surface area contributed by atoms with Gasteiger partial charge >= 0.3 is 5.97 Å². The van der Waals surface area contributed by atoms with Gasteiger partial charge < -0.3 is 13.9 Å². The van der Waals surface area contributed by atoms with E-state index in [9.17, 15) is 13.2 Å². The van der Waals surface area contributed by atoms with Crippen molar-refractivity contribution >= 4 is 21.7 Å². The smallest absolute Gasteiger partial charge is 0.338 e. The van der Waals surface area contributed by atoms with Crippen LogP contribution in [0.5, 0.6) is 5.75 Å². The number of aromatic nitrogens is 1. The molecule has 0 radical (unpaired) electrons. The van der Waals surface area contributed by atoms with Crippen LogP contribution < -0.4 is 9.46 Å². The molecule has 1 aromatic heterocycles. The van der Waals surface area contributed by atoms with Crippen LogP contribution >= 0.6 is 0 Å². The highest BCUT2D eigenvalue weighted by atomic mass is 32.2. The summed E-state index contributed by atoms with van der Waals surface area (Å²) in [7, 11) is -2.59. The first-order valence-electron chi connectivity index (χ1n) is 8.75. The maximum absolute atomic E-state index is 13.0. The fraction of sp³-hybridized carbons (Fsp3) is 0.200. The Morgan fingerprint density at radius 2 is 1.90 bits per heavy atom. The molecule has 1 heterocycles. The number of rotatable bonds is 7. The molecule has 0 fully saturated rings.